The minimum Gasteiger partial charge on any atom is -0.508 e. The zero-order valence-electron chi connectivity index (χ0n) is 7.31. The molecule has 2 nitrogen and oxygen atoms in total. The van der Waals surface area contributed by atoms with Crippen molar-refractivity contribution < 1.29 is 9.90 Å². The van der Waals surface area contributed by atoms with E-state index in [-0.39, 0.29) is 5.92 Å². The zero-order chi connectivity index (χ0) is 9.26. The predicted molar refractivity (Wildman–Crippen MR) is 49.6 cm³/mol. The van der Waals surface area contributed by atoms with E-state index >= 15 is 0 Å². The summed E-state index contributed by atoms with van der Waals surface area (Å²) in [6, 6.07) is 7.26. The lowest BCUT2D eigenvalue weighted by molar-refractivity contribution is -0.113. The number of hydrogen-bond donors (Lipinski definition) is 1. The summed E-state index contributed by atoms with van der Waals surface area (Å²) >= 11 is 0. The molecule has 0 heterocycles. The van der Waals surface area contributed by atoms with E-state index < -0.39 is 0 Å². The number of carbonyl (C=O) groups is 1. The first-order valence-electron chi connectivity index (χ1n) is 4.54. The van der Waals surface area contributed by atoms with Crippen molar-refractivity contribution in [2.75, 3.05) is 0 Å². The van der Waals surface area contributed by atoms with Crippen LogP contribution in [0.3, 0.4) is 0 Å². The third-order valence-electron chi connectivity index (χ3n) is 2.73. The van der Waals surface area contributed by atoms with E-state index in [1.807, 2.05) is 12.1 Å². The Labute approximate surface area is 77.2 Å². The van der Waals surface area contributed by atoms with Gasteiger partial charge in [0.15, 0.2) is 0 Å². The summed E-state index contributed by atoms with van der Waals surface area (Å²) in [5, 5.41) is 9.07. The van der Waals surface area contributed by atoms with Gasteiger partial charge in [0.1, 0.15) is 12.0 Å². The lowest BCUT2D eigenvalue weighted by Crippen LogP contribution is -2.22. The minimum atomic E-state index is 0.263. The van der Waals surface area contributed by atoms with Crippen LogP contribution >= 0.6 is 0 Å². The summed E-state index contributed by atoms with van der Waals surface area (Å²) in [7, 11) is 0. The van der Waals surface area contributed by atoms with Crippen LogP contribution in [0.1, 0.15) is 24.3 Å². The highest BCUT2D eigenvalue weighted by atomic mass is 16.3. The number of carbonyl (C=O) groups excluding carboxylic acids is 1. The molecule has 1 N–H and O–H groups in total. The molecule has 0 amide bonds. The van der Waals surface area contributed by atoms with Gasteiger partial charge in [-0.3, -0.25) is 0 Å². The van der Waals surface area contributed by atoms with Crippen LogP contribution in [0.4, 0.5) is 0 Å². The maximum Gasteiger partial charge on any atom is 0.123 e. The molecule has 1 saturated carbocycles. The first kappa shape index (κ1) is 8.30. The van der Waals surface area contributed by atoms with E-state index in [4.69, 9.17) is 5.11 Å². The molecular formula is C11H12O2. The Hall–Kier alpha value is -1.31. The third kappa shape index (κ3) is 1.57. The van der Waals surface area contributed by atoms with Crippen LogP contribution in [-0.2, 0) is 4.79 Å². The minimum absolute atomic E-state index is 0.263. The normalized spacial score (nSPS) is 26.5. The van der Waals surface area contributed by atoms with E-state index in [1.54, 1.807) is 12.1 Å². The van der Waals surface area contributed by atoms with Gasteiger partial charge in [-0.1, -0.05) is 12.1 Å². The molecule has 0 aromatic heterocycles. The average Bonchev–Trinajstić information content (AvgIpc) is 2.06. The number of phenolic OH excluding ortho intramolecular Hbond substituents is 1. The molecule has 0 unspecified atom stereocenters. The van der Waals surface area contributed by atoms with Crippen LogP contribution in [0.5, 0.6) is 5.75 Å². The highest BCUT2D eigenvalue weighted by Gasteiger charge is 2.29. The molecule has 0 bridgehead atoms. The van der Waals surface area contributed by atoms with Gasteiger partial charge < -0.3 is 9.90 Å². The molecule has 1 aromatic carbocycles. The largest absolute Gasteiger partial charge is 0.508 e. The Morgan fingerprint density at radius 2 is 1.85 bits per heavy atom. The molecule has 13 heavy (non-hydrogen) atoms. The van der Waals surface area contributed by atoms with Gasteiger partial charge in [-0.05, 0) is 36.5 Å². The third-order valence-corrected chi connectivity index (χ3v) is 2.73. The molecular weight excluding hydrogens is 164 g/mol. The van der Waals surface area contributed by atoms with Gasteiger partial charge in [-0.15, -0.1) is 0 Å². The van der Waals surface area contributed by atoms with Gasteiger partial charge in [0.2, 0.25) is 0 Å². The van der Waals surface area contributed by atoms with Crippen molar-refractivity contribution in [2.45, 2.75) is 18.8 Å². The van der Waals surface area contributed by atoms with Crippen molar-refractivity contribution in [3.05, 3.63) is 29.8 Å². The maximum absolute atomic E-state index is 10.4. The Kier molecular flexibility index (Phi) is 2.05. The molecule has 0 radical (unpaired) electrons. The Morgan fingerprint density at radius 3 is 2.38 bits per heavy atom. The quantitative estimate of drug-likeness (QED) is 0.700. The molecule has 0 atom stereocenters. The van der Waals surface area contributed by atoms with Crippen molar-refractivity contribution in [3.63, 3.8) is 0 Å². The smallest absolute Gasteiger partial charge is 0.123 e. The Bertz CT molecular complexity index is 296. The fourth-order valence-electron chi connectivity index (χ4n) is 1.79. The van der Waals surface area contributed by atoms with E-state index in [0.717, 1.165) is 19.1 Å². The second-order valence-electron chi connectivity index (χ2n) is 3.66. The van der Waals surface area contributed by atoms with Crippen LogP contribution in [0, 0.1) is 5.92 Å². The highest BCUT2D eigenvalue weighted by Crippen LogP contribution is 2.40. The molecule has 0 saturated heterocycles. The second-order valence-corrected chi connectivity index (χ2v) is 3.66. The summed E-state index contributed by atoms with van der Waals surface area (Å²) < 4.78 is 0. The highest BCUT2D eigenvalue weighted by molar-refractivity contribution is 5.56. The maximum atomic E-state index is 10.4. The van der Waals surface area contributed by atoms with Crippen molar-refractivity contribution >= 4 is 6.29 Å². The molecule has 1 fully saturated rings. The number of aldehydes is 1. The Morgan fingerprint density at radius 1 is 1.23 bits per heavy atom. The van der Waals surface area contributed by atoms with Crippen LogP contribution < -0.4 is 0 Å². The molecule has 0 aliphatic heterocycles. The van der Waals surface area contributed by atoms with Gasteiger partial charge >= 0.3 is 0 Å². The second kappa shape index (κ2) is 3.21. The van der Waals surface area contributed by atoms with Crippen molar-refractivity contribution in [3.8, 4) is 5.75 Å². The van der Waals surface area contributed by atoms with Gasteiger partial charge in [-0.25, -0.2) is 0 Å². The number of benzene rings is 1. The fourth-order valence-corrected chi connectivity index (χ4v) is 1.79. The SMILES string of the molecule is O=CC1CC(c2ccc(O)cc2)C1. The molecule has 1 aliphatic carbocycles. The van der Waals surface area contributed by atoms with Crippen LogP contribution in [0.25, 0.3) is 0 Å². The number of aromatic hydroxyl groups is 1. The molecule has 1 aromatic rings. The summed E-state index contributed by atoms with van der Waals surface area (Å²) in [6.07, 6.45) is 2.97. The van der Waals surface area contributed by atoms with Crippen LogP contribution in [0.2, 0.25) is 0 Å². The number of phenols is 1. The molecule has 2 rings (SSSR count). The van der Waals surface area contributed by atoms with Crippen LogP contribution in [0.15, 0.2) is 24.3 Å². The monoisotopic (exact) mass is 176 g/mol. The van der Waals surface area contributed by atoms with E-state index in [2.05, 4.69) is 0 Å². The number of hydrogen-bond acceptors (Lipinski definition) is 2. The van der Waals surface area contributed by atoms with E-state index in [1.165, 1.54) is 5.56 Å². The van der Waals surface area contributed by atoms with E-state index in [0.29, 0.717) is 11.7 Å². The predicted octanol–water partition coefficient (Wildman–Crippen LogP) is 2.08. The first-order valence-corrected chi connectivity index (χ1v) is 4.54. The topological polar surface area (TPSA) is 37.3 Å². The molecule has 68 valence electrons. The van der Waals surface area contributed by atoms with Gasteiger partial charge in [0, 0.05) is 5.92 Å². The summed E-state index contributed by atoms with van der Waals surface area (Å²) in [4.78, 5) is 10.4. The van der Waals surface area contributed by atoms with Gasteiger partial charge in [0.25, 0.3) is 0 Å². The van der Waals surface area contributed by atoms with Gasteiger partial charge in [0.05, 0.1) is 0 Å². The lowest BCUT2D eigenvalue weighted by Gasteiger charge is -2.31. The van der Waals surface area contributed by atoms with Crippen molar-refractivity contribution in [1.82, 2.24) is 0 Å². The Balaban J connectivity index is 2.03. The fraction of sp³-hybridized carbons (Fsp3) is 0.364. The summed E-state index contributed by atoms with van der Waals surface area (Å²) in [6.45, 7) is 0. The summed E-state index contributed by atoms with van der Waals surface area (Å²) in [5.74, 6) is 1.09. The molecule has 1 aliphatic rings. The van der Waals surface area contributed by atoms with Gasteiger partial charge in [-0.2, -0.15) is 0 Å². The summed E-state index contributed by atoms with van der Waals surface area (Å²) in [5.41, 5.74) is 1.23. The average molecular weight is 176 g/mol. The number of rotatable bonds is 2. The van der Waals surface area contributed by atoms with Crippen molar-refractivity contribution in [2.24, 2.45) is 5.92 Å². The zero-order valence-corrected chi connectivity index (χ0v) is 7.31. The standard InChI is InChI=1S/C11H12O2/c12-7-8-5-10(6-8)9-1-3-11(13)4-2-9/h1-4,7-8,10,13H,5-6H2. The first-order chi connectivity index (χ1) is 6.29. The van der Waals surface area contributed by atoms with E-state index in [9.17, 15) is 4.79 Å². The molecule has 0 spiro atoms. The molecule has 2 heteroatoms. The van der Waals surface area contributed by atoms with Crippen LogP contribution in [-0.4, -0.2) is 11.4 Å². The lowest BCUT2D eigenvalue weighted by atomic mass is 9.72. The van der Waals surface area contributed by atoms with Crippen molar-refractivity contribution in [1.29, 1.82) is 0 Å².